The van der Waals surface area contributed by atoms with Gasteiger partial charge in [-0.2, -0.15) is 0 Å². The Morgan fingerprint density at radius 2 is 2.40 bits per heavy atom. The van der Waals surface area contributed by atoms with Crippen molar-refractivity contribution >= 4 is 5.84 Å². The minimum Gasteiger partial charge on any atom is -0.363 e. The molecule has 1 saturated heterocycles. The van der Waals surface area contributed by atoms with Gasteiger partial charge >= 0.3 is 0 Å². The fourth-order valence-corrected chi connectivity index (χ4v) is 1.22. The number of rotatable bonds is 1. The molecule has 0 spiro atoms. The summed E-state index contributed by atoms with van der Waals surface area (Å²) in [6, 6.07) is 0. The smallest absolute Gasteiger partial charge is 0.104 e. The second-order valence-corrected chi connectivity index (χ2v) is 2.61. The monoisotopic (exact) mass is 138 g/mol. The molecule has 1 heterocycles. The molecule has 0 radical (unpaired) electrons. The standard InChI is InChI=1S/C8H14N2/c1-3-9-8-6-4-5-7-10(8)2/h3H,1,4-7H2,2H3. The average Bonchev–Trinajstić information content (AvgIpc) is 1.94. The van der Waals surface area contributed by atoms with Crippen molar-refractivity contribution in [2.75, 3.05) is 13.6 Å². The van der Waals surface area contributed by atoms with Crippen molar-refractivity contribution in [1.29, 1.82) is 0 Å². The molecule has 0 atom stereocenters. The third-order valence-corrected chi connectivity index (χ3v) is 1.82. The summed E-state index contributed by atoms with van der Waals surface area (Å²) in [5.41, 5.74) is 0. The summed E-state index contributed by atoms with van der Waals surface area (Å²) < 4.78 is 0. The first-order chi connectivity index (χ1) is 4.84. The molecule has 0 aromatic rings. The first kappa shape index (κ1) is 7.32. The van der Waals surface area contributed by atoms with Gasteiger partial charge in [0.2, 0.25) is 0 Å². The molecule has 2 heteroatoms. The molecule has 0 bridgehead atoms. The van der Waals surface area contributed by atoms with Crippen molar-refractivity contribution < 1.29 is 0 Å². The lowest BCUT2D eigenvalue weighted by Gasteiger charge is -2.25. The molecule has 2 nitrogen and oxygen atoms in total. The van der Waals surface area contributed by atoms with E-state index in [0.29, 0.717) is 0 Å². The van der Waals surface area contributed by atoms with Gasteiger partial charge in [-0.3, -0.25) is 0 Å². The van der Waals surface area contributed by atoms with Crippen LogP contribution in [-0.2, 0) is 0 Å². The van der Waals surface area contributed by atoms with Gasteiger partial charge in [0.25, 0.3) is 0 Å². The van der Waals surface area contributed by atoms with Crippen molar-refractivity contribution in [2.24, 2.45) is 4.99 Å². The number of nitrogens with zero attached hydrogens (tertiary/aromatic N) is 2. The van der Waals surface area contributed by atoms with Gasteiger partial charge in [0.1, 0.15) is 5.84 Å². The molecular weight excluding hydrogens is 124 g/mol. The van der Waals surface area contributed by atoms with E-state index in [-0.39, 0.29) is 0 Å². The molecule has 56 valence electrons. The van der Waals surface area contributed by atoms with Crippen LogP contribution >= 0.6 is 0 Å². The Morgan fingerprint density at radius 1 is 1.60 bits per heavy atom. The van der Waals surface area contributed by atoms with Gasteiger partial charge in [-0.15, -0.1) is 0 Å². The predicted octanol–water partition coefficient (Wildman–Crippen LogP) is 1.64. The maximum atomic E-state index is 4.17. The van der Waals surface area contributed by atoms with Crippen molar-refractivity contribution in [3.8, 4) is 0 Å². The molecular formula is C8H14N2. The van der Waals surface area contributed by atoms with Crippen LogP contribution in [0.3, 0.4) is 0 Å². The Balaban J connectivity index is 2.55. The highest BCUT2D eigenvalue weighted by atomic mass is 15.2. The van der Waals surface area contributed by atoms with Crippen LogP contribution in [-0.4, -0.2) is 24.3 Å². The topological polar surface area (TPSA) is 15.6 Å². The van der Waals surface area contributed by atoms with Crippen LogP contribution in [0.1, 0.15) is 19.3 Å². The number of likely N-dealkylation sites (tertiary alicyclic amines) is 1. The van der Waals surface area contributed by atoms with E-state index in [1.165, 1.54) is 18.7 Å². The van der Waals surface area contributed by atoms with Crippen LogP contribution in [0.25, 0.3) is 0 Å². The number of hydrogen-bond donors (Lipinski definition) is 0. The van der Waals surface area contributed by atoms with Crippen molar-refractivity contribution in [2.45, 2.75) is 19.3 Å². The molecule has 0 aromatic heterocycles. The van der Waals surface area contributed by atoms with E-state index in [1.807, 2.05) is 0 Å². The van der Waals surface area contributed by atoms with Gasteiger partial charge < -0.3 is 4.90 Å². The zero-order valence-corrected chi connectivity index (χ0v) is 6.51. The van der Waals surface area contributed by atoms with Gasteiger partial charge in [0.05, 0.1) is 0 Å². The molecule has 1 fully saturated rings. The molecule has 0 aliphatic carbocycles. The average molecular weight is 138 g/mol. The fraction of sp³-hybridized carbons (Fsp3) is 0.625. The molecule has 0 aromatic carbocycles. The van der Waals surface area contributed by atoms with Gasteiger partial charge in [-0.25, -0.2) is 4.99 Å². The lowest BCUT2D eigenvalue weighted by Crippen LogP contribution is -2.31. The third kappa shape index (κ3) is 1.59. The molecule has 1 aliphatic heterocycles. The SMILES string of the molecule is C=CN=C1CCCCN1C. The lowest BCUT2D eigenvalue weighted by atomic mass is 10.1. The summed E-state index contributed by atoms with van der Waals surface area (Å²) in [5, 5.41) is 0. The molecule has 0 amide bonds. The third-order valence-electron chi connectivity index (χ3n) is 1.82. The summed E-state index contributed by atoms with van der Waals surface area (Å²) >= 11 is 0. The maximum Gasteiger partial charge on any atom is 0.104 e. The number of amidine groups is 1. The van der Waals surface area contributed by atoms with Gasteiger partial charge in [0, 0.05) is 26.2 Å². The Hall–Kier alpha value is -0.790. The summed E-state index contributed by atoms with van der Waals surface area (Å²) in [5.74, 6) is 1.18. The molecule has 1 rings (SSSR count). The Labute approximate surface area is 62.3 Å². The second kappa shape index (κ2) is 3.40. The Kier molecular flexibility index (Phi) is 2.49. The van der Waals surface area contributed by atoms with E-state index in [0.717, 1.165) is 13.0 Å². The quantitative estimate of drug-likeness (QED) is 0.538. The minimum absolute atomic E-state index is 1.11. The second-order valence-electron chi connectivity index (χ2n) is 2.61. The number of hydrogen-bond acceptors (Lipinski definition) is 1. The highest BCUT2D eigenvalue weighted by Crippen LogP contribution is 2.09. The van der Waals surface area contributed by atoms with Gasteiger partial charge in [-0.1, -0.05) is 6.58 Å². The van der Waals surface area contributed by atoms with E-state index in [4.69, 9.17) is 0 Å². The first-order valence-electron chi connectivity index (χ1n) is 3.73. The Bertz CT molecular complexity index is 149. The summed E-state index contributed by atoms with van der Waals surface area (Å²) in [6.45, 7) is 4.72. The van der Waals surface area contributed by atoms with Crippen LogP contribution in [0.2, 0.25) is 0 Å². The highest BCUT2D eigenvalue weighted by molar-refractivity contribution is 5.83. The van der Waals surface area contributed by atoms with Crippen LogP contribution in [0.15, 0.2) is 17.8 Å². The van der Waals surface area contributed by atoms with E-state index < -0.39 is 0 Å². The van der Waals surface area contributed by atoms with E-state index in [2.05, 4.69) is 23.5 Å². The van der Waals surface area contributed by atoms with Gasteiger partial charge in [-0.05, 0) is 12.8 Å². The Morgan fingerprint density at radius 3 is 3.00 bits per heavy atom. The van der Waals surface area contributed by atoms with E-state index in [9.17, 15) is 0 Å². The zero-order chi connectivity index (χ0) is 7.40. The molecule has 1 aliphatic rings. The number of aliphatic imine (C=N–C) groups is 1. The summed E-state index contributed by atoms with van der Waals surface area (Å²) in [7, 11) is 2.08. The molecule has 0 saturated carbocycles. The van der Waals surface area contributed by atoms with E-state index in [1.54, 1.807) is 6.20 Å². The summed E-state index contributed by atoms with van der Waals surface area (Å²) in [6.07, 6.45) is 5.31. The van der Waals surface area contributed by atoms with Crippen molar-refractivity contribution in [3.05, 3.63) is 12.8 Å². The zero-order valence-electron chi connectivity index (χ0n) is 6.51. The summed E-state index contributed by atoms with van der Waals surface area (Å²) in [4.78, 5) is 6.37. The van der Waals surface area contributed by atoms with Crippen LogP contribution in [0.5, 0.6) is 0 Å². The molecule has 10 heavy (non-hydrogen) atoms. The lowest BCUT2D eigenvalue weighted by molar-refractivity contribution is 0.434. The number of piperidine rings is 1. The highest BCUT2D eigenvalue weighted by Gasteiger charge is 2.10. The first-order valence-corrected chi connectivity index (χ1v) is 3.73. The minimum atomic E-state index is 1.11. The molecule has 0 N–H and O–H groups in total. The predicted molar refractivity (Wildman–Crippen MR) is 44.1 cm³/mol. The van der Waals surface area contributed by atoms with Crippen molar-refractivity contribution in [3.63, 3.8) is 0 Å². The van der Waals surface area contributed by atoms with Crippen molar-refractivity contribution in [1.82, 2.24) is 4.90 Å². The van der Waals surface area contributed by atoms with Gasteiger partial charge in [0.15, 0.2) is 0 Å². The van der Waals surface area contributed by atoms with E-state index >= 15 is 0 Å². The largest absolute Gasteiger partial charge is 0.363 e. The fourth-order valence-electron chi connectivity index (χ4n) is 1.22. The maximum absolute atomic E-state index is 4.17. The molecule has 0 unspecified atom stereocenters. The van der Waals surface area contributed by atoms with Crippen LogP contribution in [0, 0.1) is 0 Å². The van der Waals surface area contributed by atoms with Crippen LogP contribution < -0.4 is 0 Å². The normalized spacial score (nSPS) is 23.3. The van der Waals surface area contributed by atoms with Crippen LogP contribution in [0.4, 0.5) is 0 Å².